The van der Waals surface area contributed by atoms with Gasteiger partial charge in [0.25, 0.3) is 5.89 Å². The molecule has 0 spiro atoms. The molecule has 0 aliphatic heterocycles. The van der Waals surface area contributed by atoms with Crippen LogP contribution in [0.25, 0.3) is 33.6 Å². The zero-order chi connectivity index (χ0) is 23.0. The van der Waals surface area contributed by atoms with E-state index in [9.17, 15) is 21.6 Å². The quantitative estimate of drug-likeness (QED) is 0.432. The van der Waals surface area contributed by atoms with E-state index in [1.165, 1.54) is 31.3 Å². The lowest BCUT2D eigenvalue weighted by Gasteiger charge is -2.13. The molecule has 12 heteroatoms. The average molecular weight is 465 g/mol. The van der Waals surface area contributed by atoms with Crippen LogP contribution in [-0.4, -0.2) is 54.3 Å². The van der Waals surface area contributed by atoms with Crippen LogP contribution >= 0.6 is 0 Å². The molecule has 0 aliphatic carbocycles. The third kappa shape index (κ3) is 4.32. The lowest BCUT2D eigenvalue weighted by molar-refractivity contribution is 0.482. The normalized spacial score (nSPS) is 12.1. The summed E-state index contributed by atoms with van der Waals surface area (Å²) in [5, 5.41) is 10.8. The Balaban J connectivity index is 1.72. The number of likely N-dealkylation sites (N-methyl/N-ethyl adjacent to an activating group) is 1. The number of benzene rings is 2. The van der Waals surface area contributed by atoms with E-state index in [1.807, 2.05) is 0 Å². The Bertz CT molecular complexity index is 1380. The van der Waals surface area contributed by atoms with Gasteiger partial charge in [-0.15, -0.1) is 5.10 Å². The fraction of sp³-hybridized carbons (Fsp3) is 0.200. The Kier molecular flexibility index (Phi) is 5.65. The number of nitrogens with one attached hydrogen (secondary N) is 2. The molecule has 0 radical (unpaired) electrons. The average Bonchev–Trinajstić information content (AvgIpc) is 3.32. The maximum atomic E-state index is 14.4. The van der Waals surface area contributed by atoms with Crippen LogP contribution in [0.15, 0.2) is 40.8 Å². The van der Waals surface area contributed by atoms with Crippen molar-refractivity contribution in [2.75, 3.05) is 31.7 Å². The number of hydrogen-bond donors (Lipinski definition) is 2. The minimum atomic E-state index is -3.33. The Morgan fingerprint density at radius 2 is 1.81 bits per heavy atom. The lowest BCUT2D eigenvalue weighted by Crippen LogP contribution is -2.30. The molecule has 0 amide bonds. The third-order valence-corrected chi connectivity index (χ3v) is 6.18. The van der Waals surface area contributed by atoms with E-state index in [4.69, 9.17) is 4.42 Å². The third-order valence-electron chi connectivity index (χ3n) is 4.87. The van der Waals surface area contributed by atoms with Gasteiger partial charge in [-0.3, -0.25) is 0 Å². The van der Waals surface area contributed by atoms with Crippen molar-refractivity contribution in [2.24, 2.45) is 0 Å². The molecule has 2 heterocycles. The first-order valence-electron chi connectivity index (χ1n) is 9.39. The fourth-order valence-corrected chi connectivity index (χ4v) is 3.58. The summed E-state index contributed by atoms with van der Waals surface area (Å²) in [7, 11) is -1.90. The van der Waals surface area contributed by atoms with Crippen molar-refractivity contribution in [3.8, 4) is 22.7 Å². The summed E-state index contributed by atoms with van der Waals surface area (Å²) in [5.41, 5.74) is 1.12. The molecule has 2 aromatic carbocycles. The fourth-order valence-electron chi connectivity index (χ4n) is 3.16. The summed E-state index contributed by atoms with van der Waals surface area (Å²) in [6.07, 6.45) is 1.09. The SMILES string of the molecule is CN(CCNc1nnc(-c2c(-c3ccc(F)cc3)[nH]c3c(F)cc(F)cc23)o1)S(C)(=O)=O. The van der Waals surface area contributed by atoms with Crippen molar-refractivity contribution in [2.45, 2.75) is 0 Å². The molecular weight excluding hydrogens is 447 g/mol. The van der Waals surface area contributed by atoms with Gasteiger partial charge in [0.2, 0.25) is 10.0 Å². The molecule has 2 aromatic heterocycles. The minimum Gasteiger partial charge on any atom is -0.403 e. The van der Waals surface area contributed by atoms with Crippen LogP contribution < -0.4 is 5.32 Å². The van der Waals surface area contributed by atoms with Gasteiger partial charge >= 0.3 is 6.01 Å². The predicted octanol–water partition coefficient (Wildman–Crippen LogP) is 3.61. The van der Waals surface area contributed by atoms with E-state index in [1.54, 1.807) is 0 Å². The van der Waals surface area contributed by atoms with Crippen LogP contribution in [0.5, 0.6) is 0 Å². The standard InChI is InChI=1S/C20H18F3N5O3S/c1-28(32(2,29)30)8-7-24-20-27-26-19(31-20)16-14-9-13(22)10-15(23)18(14)25-17(16)11-3-5-12(21)6-4-11/h3-6,9-10,25H,7-8H2,1-2H3,(H,24,27). The zero-order valence-electron chi connectivity index (χ0n) is 17.0. The molecule has 0 aliphatic rings. The summed E-state index contributed by atoms with van der Waals surface area (Å²) >= 11 is 0. The number of aromatic nitrogens is 3. The molecule has 32 heavy (non-hydrogen) atoms. The Labute approximate surface area is 181 Å². The summed E-state index contributed by atoms with van der Waals surface area (Å²) in [6.45, 7) is 0.341. The molecule has 0 saturated heterocycles. The summed E-state index contributed by atoms with van der Waals surface area (Å²) < 4.78 is 71.5. The van der Waals surface area contributed by atoms with Gasteiger partial charge in [-0.1, -0.05) is 5.10 Å². The van der Waals surface area contributed by atoms with Gasteiger partial charge in [0.05, 0.1) is 23.0 Å². The van der Waals surface area contributed by atoms with Gasteiger partial charge < -0.3 is 14.7 Å². The molecule has 0 atom stereocenters. The van der Waals surface area contributed by atoms with Gasteiger partial charge in [0.15, 0.2) is 0 Å². The lowest BCUT2D eigenvalue weighted by atomic mass is 10.0. The Morgan fingerprint density at radius 1 is 1.09 bits per heavy atom. The van der Waals surface area contributed by atoms with Crippen LogP contribution in [0.4, 0.5) is 19.2 Å². The molecule has 0 unspecified atom stereocenters. The summed E-state index contributed by atoms with van der Waals surface area (Å²) in [5.74, 6) is -2.08. The van der Waals surface area contributed by atoms with Crippen molar-refractivity contribution < 1.29 is 26.0 Å². The maximum absolute atomic E-state index is 14.4. The highest BCUT2D eigenvalue weighted by atomic mass is 32.2. The largest absolute Gasteiger partial charge is 0.403 e. The van der Waals surface area contributed by atoms with Crippen molar-refractivity contribution in [3.05, 3.63) is 53.8 Å². The predicted molar refractivity (Wildman–Crippen MR) is 113 cm³/mol. The van der Waals surface area contributed by atoms with E-state index in [0.717, 1.165) is 22.7 Å². The van der Waals surface area contributed by atoms with Crippen LogP contribution in [0.3, 0.4) is 0 Å². The number of rotatable bonds is 7. The first kappa shape index (κ1) is 21.8. The summed E-state index contributed by atoms with van der Waals surface area (Å²) in [4.78, 5) is 2.89. The second-order valence-electron chi connectivity index (χ2n) is 7.12. The van der Waals surface area contributed by atoms with E-state index in [0.29, 0.717) is 11.3 Å². The molecule has 4 aromatic rings. The smallest absolute Gasteiger partial charge is 0.315 e. The molecular formula is C20H18F3N5O3S. The molecule has 8 nitrogen and oxygen atoms in total. The number of H-pyrrole nitrogens is 1. The highest BCUT2D eigenvalue weighted by molar-refractivity contribution is 7.88. The van der Waals surface area contributed by atoms with E-state index >= 15 is 0 Å². The summed E-state index contributed by atoms with van der Waals surface area (Å²) in [6, 6.07) is 7.31. The van der Waals surface area contributed by atoms with E-state index in [2.05, 4.69) is 20.5 Å². The Morgan fingerprint density at radius 3 is 2.50 bits per heavy atom. The molecule has 2 N–H and O–H groups in total. The second-order valence-corrected chi connectivity index (χ2v) is 9.21. The number of hydrogen-bond acceptors (Lipinski definition) is 6. The van der Waals surface area contributed by atoms with Crippen molar-refractivity contribution >= 4 is 26.9 Å². The topological polar surface area (TPSA) is 104 Å². The van der Waals surface area contributed by atoms with Crippen LogP contribution in [0.1, 0.15) is 0 Å². The Hall–Kier alpha value is -3.38. The van der Waals surface area contributed by atoms with Gasteiger partial charge in [-0.2, -0.15) is 0 Å². The van der Waals surface area contributed by atoms with E-state index < -0.39 is 27.5 Å². The first-order valence-corrected chi connectivity index (χ1v) is 11.2. The monoisotopic (exact) mass is 465 g/mol. The maximum Gasteiger partial charge on any atom is 0.315 e. The number of fused-ring (bicyclic) bond motifs is 1. The van der Waals surface area contributed by atoms with E-state index in [-0.39, 0.29) is 41.5 Å². The zero-order valence-corrected chi connectivity index (χ0v) is 17.8. The highest BCUT2D eigenvalue weighted by Gasteiger charge is 2.23. The van der Waals surface area contributed by atoms with Crippen molar-refractivity contribution in [3.63, 3.8) is 0 Å². The second kappa shape index (κ2) is 8.28. The van der Waals surface area contributed by atoms with Crippen molar-refractivity contribution in [1.82, 2.24) is 19.5 Å². The molecule has 0 bridgehead atoms. The number of aromatic amines is 1. The van der Waals surface area contributed by atoms with Crippen LogP contribution in [-0.2, 0) is 10.0 Å². The molecule has 0 saturated carbocycles. The molecule has 4 rings (SSSR count). The van der Waals surface area contributed by atoms with Crippen molar-refractivity contribution in [1.29, 1.82) is 0 Å². The number of sulfonamides is 1. The van der Waals surface area contributed by atoms with Gasteiger partial charge in [-0.05, 0) is 35.9 Å². The minimum absolute atomic E-state index is 0.00168. The van der Waals surface area contributed by atoms with Crippen LogP contribution in [0.2, 0.25) is 0 Å². The molecule has 168 valence electrons. The number of anilines is 1. The first-order chi connectivity index (χ1) is 15.1. The molecule has 0 fully saturated rings. The number of nitrogens with zero attached hydrogens (tertiary/aromatic N) is 3. The van der Waals surface area contributed by atoms with Crippen LogP contribution in [0, 0.1) is 17.5 Å². The van der Waals surface area contributed by atoms with Gasteiger partial charge in [-0.25, -0.2) is 25.9 Å². The van der Waals surface area contributed by atoms with Gasteiger partial charge in [0.1, 0.15) is 17.5 Å². The highest BCUT2D eigenvalue weighted by Crippen LogP contribution is 2.39. The number of halogens is 3. The van der Waals surface area contributed by atoms with Gasteiger partial charge in [0, 0.05) is 31.6 Å².